The molecule has 0 bridgehead atoms. The van der Waals surface area contributed by atoms with Gasteiger partial charge in [0.25, 0.3) is 0 Å². The zero-order chi connectivity index (χ0) is 16.8. The highest BCUT2D eigenvalue weighted by molar-refractivity contribution is 5.71. The van der Waals surface area contributed by atoms with Crippen LogP contribution in [-0.2, 0) is 0 Å². The van der Waals surface area contributed by atoms with Gasteiger partial charge in [0.05, 0.1) is 17.1 Å². The maximum Gasteiger partial charge on any atom is 0.353 e. The minimum atomic E-state index is -0.537. The van der Waals surface area contributed by atoms with Gasteiger partial charge in [-0.25, -0.2) is 9.97 Å². The molecule has 1 aliphatic heterocycles. The molecule has 1 aliphatic rings. The van der Waals surface area contributed by atoms with Crippen molar-refractivity contribution < 1.29 is 4.92 Å². The normalized spacial score (nSPS) is 14.8. The summed E-state index contributed by atoms with van der Waals surface area (Å²) in [6.45, 7) is 3.23. The van der Waals surface area contributed by atoms with Crippen molar-refractivity contribution in [3.63, 3.8) is 0 Å². The van der Waals surface area contributed by atoms with E-state index in [1.54, 1.807) is 0 Å². The predicted octanol–water partition coefficient (Wildman–Crippen LogP) is 1.47. The Morgan fingerprint density at radius 3 is 2.48 bits per heavy atom. The second kappa shape index (κ2) is 7.36. The minimum Gasteiger partial charge on any atom is -0.351 e. The van der Waals surface area contributed by atoms with Crippen molar-refractivity contribution >= 4 is 17.3 Å². The Bertz CT molecular complexity index is 640. The highest BCUT2D eigenvalue weighted by Gasteiger charge is 2.31. The fraction of sp³-hybridized carbons (Fsp3) is 0.571. The van der Waals surface area contributed by atoms with E-state index in [9.17, 15) is 10.1 Å². The summed E-state index contributed by atoms with van der Waals surface area (Å²) in [4.78, 5) is 22.2. The topological polar surface area (TPSA) is 123 Å². The van der Waals surface area contributed by atoms with Gasteiger partial charge in [-0.15, -0.1) is 0 Å². The third-order valence-electron chi connectivity index (χ3n) is 3.87. The molecule has 9 nitrogen and oxygen atoms in total. The van der Waals surface area contributed by atoms with E-state index >= 15 is 0 Å². The van der Waals surface area contributed by atoms with Crippen molar-refractivity contribution in [1.82, 2.24) is 9.97 Å². The molecule has 0 aliphatic carbocycles. The van der Waals surface area contributed by atoms with Crippen LogP contribution in [0.4, 0.5) is 17.3 Å². The Hall–Kier alpha value is -2.94. The van der Waals surface area contributed by atoms with Crippen molar-refractivity contribution in [2.75, 3.05) is 36.0 Å². The van der Waals surface area contributed by atoms with E-state index in [0.717, 1.165) is 12.8 Å². The smallest absolute Gasteiger partial charge is 0.351 e. The third-order valence-corrected chi connectivity index (χ3v) is 3.87. The monoisotopic (exact) mass is 315 g/mol. The number of nitrogens with zero attached hydrogens (tertiary/aromatic N) is 7. The molecule has 1 aromatic rings. The van der Waals surface area contributed by atoms with Gasteiger partial charge in [-0.2, -0.15) is 10.5 Å². The summed E-state index contributed by atoms with van der Waals surface area (Å²) in [6, 6.07) is 3.80. The summed E-state index contributed by atoms with van der Waals surface area (Å²) in [7, 11) is 0. The second-order valence-electron chi connectivity index (χ2n) is 5.47. The third kappa shape index (κ3) is 3.64. The average molecular weight is 315 g/mol. The van der Waals surface area contributed by atoms with Crippen LogP contribution in [0.3, 0.4) is 0 Å². The number of nitro groups is 1. The lowest BCUT2D eigenvalue weighted by Crippen LogP contribution is -2.34. The van der Waals surface area contributed by atoms with Crippen molar-refractivity contribution in [3.05, 3.63) is 16.4 Å². The molecule has 0 saturated carbocycles. The molecule has 2 heterocycles. The Morgan fingerprint density at radius 1 is 1.35 bits per heavy atom. The lowest BCUT2D eigenvalue weighted by atomic mass is 9.99. The number of anilines is 2. The molecule has 9 heteroatoms. The number of piperidine rings is 1. The van der Waals surface area contributed by atoms with Gasteiger partial charge in [0, 0.05) is 13.1 Å². The Kier molecular flexibility index (Phi) is 5.26. The summed E-state index contributed by atoms with van der Waals surface area (Å²) >= 11 is 0. The van der Waals surface area contributed by atoms with Gasteiger partial charge in [0.15, 0.2) is 0 Å². The Morgan fingerprint density at radius 2 is 1.96 bits per heavy atom. The number of nitriles is 2. The number of hydrogen-bond acceptors (Lipinski definition) is 8. The van der Waals surface area contributed by atoms with E-state index in [2.05, 4.69) is 16.9 Å². The molecular weight excluding hydrogens is 298 g/mol. The van der Waals surface area contributed by atoms with Gasteiger partial charge in [-0.05, 0) is 18.8 Å². The van der Waals surface area contributed by atoms with E-state index in [4.69, 9.17) is 10.5 Å². The van der Waals surface area contributed by atoms with E-state index in [0.29, 0.717) is 19.0 Å². The lowest BCUT2D eigenvalue weighted by molar-refractivity contribution is -0.383. The van der Waals surface area contributed by atoms with Crippen LogP contribution in [0.25, 0.3) is 0 Å². The van der Waals surface area contributed by atoms with Crippen LogP contribution in [0.2, 0.25) is 0 Å². The van der Waals surface area contributed by atoms with E-state index < -0.39 is 4.92 Å². The summed E-state index contributed by atoms with van der Waals surface area (Å²) in [6.07, 6.45) is 3.13. The quantitative estimate of drug-likeness (QED) is 0.454. The molecule has 0 aromatic carbocycles. The first-order valence-electron chi connectivity index (χ1n) is 7.31. The molecule has 0 radical (unpaired) electrons. The number of aromatic nitrogens is 2. The zero-order valence-electron chi connectivity index (χ0n) is 12.8. The summed E-state index contributed by atoms with van der Waals surface area (Å²) in [5.41, 5.74) is -0.243. The average Bonchev–Trinajstić information content (AvgIpc) is 2.54. The van der Waals surface area contributed by atoms with Crippen LogP contribution >= 0.6 is 0 Å². The first kappa shape index (κ1) is 16.4. The van der Waals surface area contributed by atoms with Gasteiger partial charge in [0.2, 0.25) is 11.6 Å². The van der Waals surface area contributed by atoms with E-state index in [1.165, 1.54) is 11.2 Å². The summed E-state index contributed by atoms with van der Waals surface area (Å²) in [5, 5.41) is 29.3. The molecule has 0 N–H and O–H groups in total. The maximum absolute atomic E-state index is 11.6. The molecule has 2 rings (SSSR count). The van der Waals surface area contributed by atoms with Gasteiger partial charge in [-0.3, -0.25) is 10.1 Å². The fourth-order valence-corrected chi connectivity index (χ4v) is 2.58. The highest BCUT2D eigenvalue weighted by Crippen LogP contribution is 2.35. The molecule has 23 heavy (non-hydrogen) atoms. The molecule has 0 spiro atoms. The molecule has 0 unspecified atom stereocenters. The van der Waals surface area contributed by atoms with Crippen LogP contribution in [0.15, 0.2) is 6.33 Å². The summed E-state index contributed by atoms with van der Waals surface area (Å²) in [5.74, 6) is 0.856. The zero-order valence-corrected chi connectivity index (χ0v) is 12.8. The van der Waals surface area contributed by atoms with Gasteiger partial charge in [0.1, 0.15) is 19.4 Å². The Labute approximate surface area is 133 Å². The SMILES string of the molecule is CC1CCN(c2ncnc(N(CC#N)CC#N)c2[N+](=O)[O-])CC1. The van der Waals surface area contributed by atoms with Gasteiger partial charge >= 0.3 is 5.69 Å². The van der Waals surface area contributed by atoms with Crippen LogP contribution < -0.4 is 9.80 Å². The van der Waals surface area contributed by atoms with Crippen molar-refractivity contribution in [3.8, 4) is 12.1 Å². The first-order chi connectivity index (χ1) is 11.1. The van der Waals surface area contributed by atoms with Gasteiger partial charge in [-0.1, -0.05) is 6.92 Å². The predicted molar refractivity (Wildman–Crippen MR) is 82.7 cm³/mol. The van der Waals surface area contributed by atoms with Gasteiger partial charge < -0.3 is 9.80 Å². The number of hydrogen-bond donors (Lipinski definition) is 0. The Balaban J connectivity index is 2.44. The van der Waals surface area contributed by atoms with Crippen molar-refractivity contribution in [2.45, 2.75) is 19.8 Å². The number of rotatable bonds is 5. The van der Waals surface area contributed by atoms with E-state index in [-0.39, 0.29) is 30.4 Å². The molecule has 0 amide bonds. The fourth-order valence-electron chi connectivity index (χ4n) is 2.58. The molecule has 1 saturated heterocycles. The van der Waals surface area contributed by atoms with Crippen molar-refractivity contribution in [1.29, 1.82) is 10.5 Å². The molecule has 120 valence electrons. The lowest BCUT2D eigenvalue weighted by Gasteiger charge is -2.31. The maximum atomic E-state index is 11.6. The molecular formula is C14H17N7O2. The molecule has 1 aromatic heterocycles. The molecule has 1 fully saturated rings. The second-order valence-corrected chi connectivity index (χ2v) is 5.47. The highest BCUT2D eigenvalue weighted by atomic mass is 16.6. The molecule has 0 atom stereocenters. The van der Waals surface area contributed by atoms with Crippen LogP contribution in [0.1, 0.15) is 19.8 Å². The van der Waals surface area contributed by atoms with Crippen molar-refractivity contribution in [2.24, 2.45) is 5.92 Å². The van der Waals surface area contributed by atoms with E-state index in [1.807, 2.05) is 17.0 Å². The largest absolute Gasteiger partial charge is 0.353 e. The summed E-state index contributed by atoms with van der Waals surface area (Å²) < 4.78 is 0. The standard InChI is InChI=1S/C14H17N7O2/c1-11-2-6-19(7-3-11)13-12(21(22)23)14(18-10-17-13)20(8-4-15)9-5-16/h10-11H,2-3,6-9H2,1H3. The minimum absolute atomic E-state index is 0.0155. The first-order valence-corrected chi connectivity index (χ1v) is 7.31. The van der Waals surface area contributed by atoms with Crippen LogP contribution in [0, 0.1) is 38.7 Å². The van der Waals surface area contributed by atoms with Crippen LogP contribution in [-0.4, -0.2) is 41.1 Å². The van der Waals surface area contributed by atoms with Crippen LogP contribution in [0.5, 0.6) is 0 Å².